The molecule has 2 spiro atoms. The number of ether oxygens (including phenoxy) is 1. The fourth-order valence-electron chi connectivity index (χ4n) is 3.51. The van der Waals surface area contributed by atoms with Gasteiger partial charge < -0.3 is 32.3 Å². The normalized spacial score (nSPS) is 35.1. The molecule has 6 aliphatic rings. The fraction of sp³-hybridized carbons (Fsp3) is 0.800. The Balaban J connectivity index is 0.000000399. The average molecular weight is 452 g/mol. The summed E-state index contributed by atoms with van der Waals surface area (Å²) in [4.78, 5) is 40.7. The fourth-order valence-corrected chi connectivity index (χ4v) is 3.51. The smallest absolute Gasteiger partial charge is 0.412 e. The molecule has 2 aliphatic carbocycles. The number of carbonyl (C=O) groups excluding carboxylic acids is 1. The molecule has 4 aliphatic heterocycles. The number of rotatable bonds is 5. The lowest BCUT2D eigenvalue weighted by Crippen LogP contribution is -2.37. The third-order valence-electron chi connectivity index (χ3n) is 4.68. The van der Waals surface area contributed by atoms with Crippen LogP contribution < -0.4 is 16.8 Å². The zero-order valence-corrected chi connectivity index (χ0v) is 16.0. The molecule has 28 heavy (non-hydrogen) atoms. The molecule has 6 rings (SSSR count). The summed E-state index contributed by atoms with van der Waals surface area (Å²) < 4.78 is 24.3. The van der Waals surface area contributed by atoms with Crippen molar-refractivity contribution in [3.05, 3.63) is 0 Å². The number of carbonyl (C=O) groups is 1. The third-order valence-corrected chi connectivity index (χ3v) is 4.68. The molecule has 6 fully saturated rings. The van der Waals surface area contributed by atoms with Gasteiger partial charge in [-0.15, -0.1) is 19.6 Å². The second-order valence-electron chi connectivity index (χ2n) is 5.98. The summed E-state index contributed by atoms with van der Waals surface area (Å²) in [6.45, 7) is 0.207. The maximum absolute atomic E-state index is 9.27. The van der Waals surface area contributed by atoms with Crippen molar-refractivity contribution in [2.24, 2.45) is 16.5 Å². The molecule has 0 radical (unpaired) electrons. The molecule has 4 saturated heterocycles. The van der Waals surface area contributed by atoms with Gasteiger partial charge in [0.15, 0.2) is 5.96 Å². The van der Waals surface area contributed by atoms with Crippen LogP contribution in [0, 0.1) is 0 Å². The van der Waals surface area contributed by atoms with Crippen LogP contribution in [0.4, 0.5) is 0 Å². The minimum absolute atomic E-state index is 0. The molecule has 18 heteroatoms. The maximum atomic E-state index is 9.27. The van der Waals surface area contributed by atoms with Gasteiger partial charge in [0.1, 0.15) is 6.61 Å². The second kappa shape index (κ2) is 9.04. The first-order valence-corrected chi connectivity index (χ1v) is 9.59. The number of guanidine groups is 1. The van der Waals surface area contributed by atoms with E-state index in [0.29, 0.717) is 17.4 Å². The third kappa shape index (κ3) is 4.18. The SMILES string of the molecule is NC(N)=NC=O.O.O.O=[P+](O)O.O=[P+](O)O.OC[C@@H](OC1CC1)[N+]12C3[C@]14N[C@@]342. The molecule has 0 aromatic carbocycles. The Kier molecular flexibility index (Phi) is 8.64. The molecule has 16 nitrogen and oxygen atoms in total. The molecule has 0 aromatic rings. The van der Waals surface area contributed by atoms with E-state index < -0.39 is 16.5 Å². The van der Waals surface area contributed by atoms with Gasteiger partial charge in [-0.1, -0.05) is 0 Å². The van der Waals surface area contributed by atoms with Crippen molar-refractivity contribution >= 4 is 28.9 Å². The van der Waals surface area contributed by atoms with Crippen molar-refractivity contribution < 1.29 is 58.8 Å². The Bertz CT molecular complexity index is 624. The van der Waals surface area contributed by atoms with Crippen molar-refractivity contribution in [1.82, 2.24) is 5.32 Å². The van der Waals surface area contributed by atoms with Gasteiger partial charge in [-0.25, -0.2) is 4.48 Å². The van der Waals surface area contributed by atoms with Gasteiger partial charge in [0, 0.05) is 9.13 Å². The second-order valence-corrected chi connectivity index (χ2v) is 6.99. The predicted molar refractivity (Wildman–Crippen MR) is 90.8 cm³/mol. The first-order chi connectivity index (χ1) is 12.1. The monoisotopic (exact) mass is 452 g/mol. The predicted octanol–water partition coefficient (Wildman–Crippen LogP) is -5.27. The molecule has 1 amide bonds. The van der Waals surface area contributed by atoms with Crippen molar-refractivity contribution in [3.8, 4) is 0 Å². The Morgan fingerprint density at radius 1 is 1.21 bits per heavy atom. The highest BCUT2D eigenvalue weighted by atomic mass is 31.1. The number of nitrogens with two attached hydrogens (primary N) is 2. The standard InChI is InChI=1S/C8H11N2O2.C2H5N3O.2HO3P.2H2O/c11-3-5(12-4-1-2-4)10-6-7(10)8(6,10)9-7;3-2(4)5-1-6;2*1-4(2)3;;/h4-6,9,11H,1-3H2;1H,(H4,3,4,5,6);2*(H-,1,2,3);2*1H2/q+1;;;;;/p+2/t5-,6?,7-,8+,10?;;;;;/m1...../s1. The van der Waals surface area contributed by atoms with E-state index >= 15 is 0 Å². The van der Waals surface area contributed by atoms with Gasteiger partial charge >= 0.3 is 27.8 Å². The Hall–Kier alpha value is -1.26. The van der Waals surface area contributed by atoms with Crippen LogP contribution in [0.25, 0.3) is 0 Å². The van der Waals surface area contributed by atoms with Crippen LogP contribution in [0.2, 0.25) is 0 Å². The van der Waals surface area contributed by atoms with E-state index in [0.717, 1.165) is 10.5 Å². The highest BCUT2D eigenvalue weighted by Gasteiger charge is 3.55. The van der Waals surface area contributed by atoms with Crippen LogP contribution in [0.5, 0.6) is 0 Å². The Morgan fingerprint density at radius 2 is 1.61 bits per heavy atom. The van der Waals surface area contributed by atoms with Gasteiger partial charge in [-0.2, -0.15) is 10.3 Å². The molecule has 162 valence electrons. The van der Waals surface area contributed by atoms with E-state index in [-0.39, 0.29) is 36.2 Å². The highest BCUT2D eigenvalue weighted by molar-refractivity contribution is 7.31. The van der Waals surface area contributed by atoms with Crippen LogP contribution in [0.3, 0.4) is 0 Å². The van der Waals surface area contributed by atoms with Gasteiger partial charge in [-0.05, 0) is 12.8 Å². The summed E-state index contributed by atoms with van der Waals surface area (Å²) in [6, 6.07) is 0.862. The topological polar surface area (TPSA) is 311 Å². The molecule has 2 saturated carbocycles. The number of nitrogens with zero attached hydrogens (tertiary/aromatic N) is 2. The molecule has 5 atom stereocenters. The van der Waals surface area contributed by atoms with E-state index in [9.17, 15) is 9.90 Å². The van der Waals surface area contributed by atoms with Crippen molar-refractivity contribution in [2.45, 2.75) is 42.5 Å². The van der Waals surface area contributed by atoms with E-state index in [1.807, 2.05) is 0 Å². The minimum Gasteiger partial charge on any atom is -0.412 e. The summed E-state index contributed by atoms with van der Waals surface area (Å²) in [5, 5.41) is 12.6. The minimum atomic E-state index is -2.87. The summed E-state index contributed by atoms with van der Waals surface area (Å²) in [5.74, 6) is -0.204. The number of aliphatic hydroxyl groups excluding tert-OH is 1. The van der Waals surface area contributed by atoms with E-state index in [4.69, 9.17) is 44.9 Å². The maximum Gasteiger partial charge on any atom is 0.692 e. The number of hydrogen-bond acceptors (Lipinski definition) is 6. The first-order valence-electron chi connectivity index (χ1n) is 7.26. The largest absolute Gasteiger partial charge is 0.692 e. The van der Waals surface area contributed by atoms with Gasteiger partial charge in [-0.3, -0.25) is 4.79 Å². The van der Waals surface area contributed by atoms with Crippen LogP contribution >= 0.6 is 16.5 Å². The molecule has 4 heterocycles. The number of hydrogen-bond donors (Lipinski definition) is 8. The quantitative estimate of drug-likeness (QED) is 0.0484. The Morgan fingerprint density at radius 3 is 1.75 bits per heavy atom. The number of aliphatic hydroxyl groups is 1. The van der Waals surface area contributed by atoms with Crippen LogP contribution in [0.15, 0.2) is 4.99 Å². The van der Waals surface area contributed by atoms with E-state index in [2.05, 4.69) is 10.3 Å². The number of quaternary nitrogens is 1. The van der Waals surface area contributed by atoms with Gasteiger partial charge in [0.05, 0.1) is 6.10 Å². The van der Waals surface area contributed by atoms with Gasteiger partial charge in [0.25, 0.3) is 6.04 Å². The number of nitrogens with one attached hydrogen (secondary N) is 1. The zero-order chi connectivity index (χ0) is 19.9. The lowest BCUT2D eigenvalue weighted by atomic mass is 10.6. The van der Waals surface area contributed by atoms with Gasteiger partial charge in [0.2, 0.25) is 12.6 Å². The summed E-state index contributed by atoms with van der Waals surface area (Å²) in [7, 11) is -5.74. The average Bonchev–Trinajstić information content (AvgIpc) is 3.29. The lowest BCUT2D eigenvalue weighted by molar-refractivity contribution is -0.748. The summed E-state index contributed by atoms with van der Waals surface area (Å²) in [6.07, 6.45) is 3.28. The molecule has 0 aromatic heterocycles. The van der Waals surface area contributed by atoms with Crippen molar-refractivity contribution in [3.63, 3.8) is 0 Å². The Labute approximate surface area is 159 Å². The van der Waals surface area contributed by atoms with Crippen LogP contribution in [-0.2, 0) is 18.7 Å². The zero-order valence-electron chi connectivity index (χ0n) is 14.2. The molecule has 14 N–H and O–H groups in total. The first kappa shape index (κ1) is 26.7. The number of aliphatic imine (C=N–C) groups is 1. The lowest BCUT2D eigenvalue weighted by Gasteiger charge is -2.14. The van der Waals surface area contributed by atoms with Crippen LogP contribution in [0.1, 0.15) is 12.8 Å². The molecular weight excluding hydrogens is 428 g/mol. The van der Waals surface area contributed by atoms with E-state index in [1.54, 1.807) is 0 Å². The number of amides is 1. The van der Waals surface area contributed by atoms with Crippen LogP contribution in [-0.4, -0.2) is 88.8 Å². The van der Waals surface area contributed by atoms with Crippen molar-refractivity contribution in [1.29, 1.82) is 0 Å². The molecular formula is C10H24N5O11P2+3. The summed E-state index contributed by atoms with van der Waals surface area (Å²) >= 11 is 0. The van der Waals surface area contributed by atoms with E-state index in [1.165, 1.54) is 12.8 Å². The highest BCUT2D eigenvalue weighted by Crippen LogP contribution is 3.13. The molecule has 2 unspecified atom stereocenters. The molecule has 0 bridgehead atoms. The summed E-state index contributed by atoms with van der Waals surface area (Å²) in [5.41, 5.74) is 10.4. The van der Waals surface area contributed by atoms with Crippen molar-refractivity contribution in [2.75, 3.05) is 6.61 Å².